The van der Waals surface area contributed by atoms with Gasteiger partial charge in [0.2, 0.25) is 8.32 Å². The van der Waals surface area contributed by atoms with E-state index in [1.807, 2.05) is 17.0 Å². The molecule has 2 bridgehead atoms. The van der Waals surface area contributed by atoms with Crippen LogP contribution in [-0.2, 0) is 37.3 Å². The molecule has 2 heterocycles. The molecule has 0 saturated carbocycles. The minimum absolute atomic E-state index is 0.0174. The molecule has 1 fully saturated rings. The first-order valence-electron chi connectivity index (χ1n) is 19.2. The number of nitrogens with zero attached hydrogens (tertiary/aromatic N) is 1. The number of hydrogen-bond donors (Lipinski definition) is 1. The van der Waals surface area contributed by atoms with Crippen LogP contribution in [0.4, 0.5) is 4.79 Å². The summed E-state index contributed by atoms with van der Waals surface area (Å²) in [6, 6.07) is 29.0. The van der Waals surface area contributed by atoms with E-state index in [0.29, 0.717) is 56.0 Å². The van der Waals surface area contributed by atoms with Gasteiger partial charge in [0, 0.05) is 34.6 Å². The molecule has 3 atom stereocenters. The van der Waals surface area contributed by atoms with Crippen molar-refractivity contribution in [3.63, 3.8) is 0 Å². The lowest BCUT2D eigenvalue weighted by atomic mass is 9.69. The SMILES string of the molecule is C=CCOC(=O)N1CC[C@@H]2C(O[Si](C(C)C)(C(C)C)C(C)C)CC1c1c([nH]c3ccccc13)C2(COCc1ccccc1)COCc1ccccc1. The maximum atomic E-state index is 14.0. The van der Waals surface area contributed by atoms with E-state index in [2.05, 4.69) is 126 Å². The van der Waals surface area contributed by atoms with Crippen LogP contribution in [-0.4, -0.2) is 56.8 Å². The normalized spacial score (nSPS) is 19.9. The van der Waals surface area contributed by atoms with Gasteiger partial charge in [0.05, 0.1) is 44.0 Å². The maximum absolute atomic E-state index is 14.0. The maximum Gasteiger partial charge on any atom is 0.410 e. The molecule has 278 valence electrons. The van der Waals surface area contributed by atoms with Crippen LogP contribution in [0, 0.1) is 5.92 Å². The summed E-state index contributed by atoms with van der Waals surface area (Å²) in [4.78, 5) is 19.9. The summed E-state index contributed by atoms with van der Waals surface area (Å²) in [6.07, 6.45) is 2.58. The Morgan fingerprint density at radius 2 is 1.42 bits per heavy atom. The molecule has 1 N–H and O–H groups in total. The summed E-state index contributed by atoms with van der Waals surface area (Å²) < 4.78 is 27.4. The van der Waals surface area contributed by atoms with Gasteiger partial charge in [0.15, 0.2) is 0 Å². The lowest BCUT2D eigenvalue weighted by Gasteiger charge is -2.49. The Morgan fingerprint density at radius 3 is 1.98 bits per heavy atom. The molecule has 1 aliphatic heterocycles. The monoisotopic (exact) mass is 722 g/mol. The Balaban J connectivity index is 1.54. The molecule has 0 spiro atoms. The number of carbonyl (C=O) groups is 1. The Hall–Kier alpha value is -3.69. The number of rotatable bonds is 15. The molecule has 6 rings (SSSR count). The highest BCUT2D eigenvalue weighted by Crippen LogP contribution is 2.55. The van der Waals surface area contributed by atoms with E-state index in [-0.39, 0.29) is 30.8 Å². The van der Waals surface area contributed by atoms with Gasteiger partial charge in [-0.2, -0.15) is 0 Å². The zero-order valence-corrected chi connectivity index (χ0v) is 33.0. The summed E-state index contributed by atoms with van der Waals surface area (Å²) in [6.45, 7) is 20.5. The number of para-hydroxylation sites is 1. The number of H-pyrrole nitrogens is 1. The van der Waals surface area contributed by atoms with Gasteiger partial charge in [0.25, 0.3) is 0 Å². The standard InChI is InChI=1S/C44H58N2O5Si/c1-8-25-50-43(47)46-24-23-37-40(51-52(31(2)3,32(4)5)33(6)7)26-39(46)41-36-21-15-16-22-38(36)45-42(41)44(37,29-48-27-34-17-11-9-12-18-34)30-49-28-35-19-13-10-14-20-35/h8-22,31-33,37,39-40,45H,1,23-30H2,2-7H3/t37-,39?,40?/m1/s1. The van der Waals surface area contributed by atoms with Crippen molar-refractivity contribution in [2.24, 2.45) is 5.92 Å². The highest BCUT2D eigenvalue weighted by molar-refractivity contribution is 6.77. The van der Waals surface area contributed by atoms with Crippen molar-refractivity contribution in [2.75, 3.05) is 26.4 Å². The van der Waals surface area contributed by atoms with Gasteiger partial charge in [-0.3, -0.25) is 0 Å². The lowest BCUT2D eigenvalue weighted by molar-refractivity contribution is -0.0509. The summed E-state index contributed by atoms with van der Waals surface area (Å²) in [5.74, 6) is -0.0174. The van der Waals surface area contributed by atoms with Gasteiger partial charge in [-0.05, 0) is 46.7 Å². The first kappa shape index (κ1) is 38.0. The summed E-state index contributed by atoms with van der Waals surface area (Å²) >= 11 is 0. The van der Waals surface area contributed by atoms with E-state index in [0.717, 1.165) is 39.7 Å². The fourth-order valence-corrected chi connectivity index (χ4v) is 15.2. The molecule has 3 aromatic carbocycles. The molecule has 2 aliphatic rings. The highest BCUT2D eigenvalue weighted by atomic mass is 28.4. The van der Waals surface area contributed by atoms with E-state index < -0.39 is 13.7 Å². The molecular weight excluding hydrogens is 665 g/mol. The minimum Gasteiger partial charge on any atom is -0.445 e. The first-order chi connectivity index (χ1) is 25.1. The van der Waals surface area contributed by atoms with E-state index in [1.54, 1.807) is 6.08 Å². The first-order valence-corrected chi connectivity index (χ1v) is 21.3. The number of carbonyl (C=O) groups excluding carboxylic acids is 1. The van der Waals surface area contributed by atoms with Crippen LogP contribution in [0.1, 0.15) is 82.8 Å². The lowest BCUT2D eigenvalue weighted by Crippen LogP contribution is -2.55. The van der Waals surface area contributed by atoms with E-state index in [1.165, 1.54) is 0 Å². The van der Waals surface area contributed by atoms with Crippen molar-refractivity contribution in [3.05, 3.63) is 120 Å². The van der Waals surface area contributed by atoms with Crippen LogP contribution >= 0.6 is 0 Å². The quantitative estimate of drug-likeness (QED) is 0.0977. The second-order valence-electron chi connectivity index (χ2n) is 15.8. The molecule has 1 aliphatic carbocycles. The molecule has 7 nitrogen and oxygen atoms in total. The van der Waals surface area contributed by atoms with Gasteiger partial charge in [-0.25, -0.2) is 4.79 Å². The van der Waals surface area contributed by atoms with Gasteiger partial charge in [-0.15, -0.1) is 0 Å². The molecule has 0 radical (unpaired) electrons. The van der Waals surface area contributed by atoms with Gasteiger partial charge in [-0.1, -0.05) is 133 Å². The summed E-state index contributed by atoms with van der Waals surface area (Å²) in [5, 5.41) is 1.11. The molecule has 1 aromatic heterocycles. The van der Waals surface area contributed by atoms with Crippen LogP contribution in [0.25, 0.3) is 10.9 Å². The number of nitrogens with one attached hydrogen (secondary N) is 1. The number of likely N-dealkylation sites (tertiary alicyclic amines) is 1. The molecular formula is C44H58N2O5Si. The average Bonchev–Trinajstić information content (AvgIpc) is 3.37. The Kier molecular flexibility index (Phi) is 12.1. The van der Waals surface area contributed by atoms with Crippen LogP contribution in [0.15, 0.2) is 97.6 Å². The number of fused-ring (bicyclic) bond motifs is 7. The predicted octanol–water partition coefficient (Wildman–Crippen LogP) is 10.5. The van der Waals surface area contributed by atoms with Crippen molar-refractivity contribution >= 4 is 25.3 Å². The summed E-state index contributed by atoms with van der Waals surface area (Å²) in [7, 11) is -2.37. The van der Waals surface area contributed by atoms with Crippen LogP contribution < -0.4 is 0 Å². The van der Waals surface area contributed by atoms with Crippen molar-refractivity contribution in [1.29, 1.82) is 0 Å². The smallest absolute Gasteiger partial charge is 0.410 e. The van der Waals surface area contributed by atoms with Crippen molar-refractivity contribution in [1.82, 2.24) is 9.88 Å². The van der Waals surface area contributed by atoms with E-state index in [9.17, 15) is 4.79 Å². The topological polar surface area (TPSA) is 73.0 Å². The Morgan fingerprint density at radius 1 is 0.865 bits per heavy atom. The molecule has 4 aromatic rings. The number of benzene rings is 3. The van der Waals surface area contributed by atoms with Crippen molar-refractivity contribution in [2.45, 2.75) is 102 Å². The number of hydrogen-bond acceptors (Lipinski definition) is 5. The molecule has 52 heavy (non-hydrogen) atoms. The zero-order valence-electron chi connectivity index (χ0n) is 32.0. The van der Waals surface area contributed by atoms with Crippen molar-refractivity contribution < 1.29 is 23.4 Å². The molecule has 2 unspecified atom stereocenters. The third-order valence-corrected chi connectivity index (χ3v) is 17.9. The predicted molar refractivity (Wildman–Crippen MR) is 212 cm³/mol. The third-order valence-electron chi connectivity index (χ3n) is 11.8. The molecule has 1 saturated heterocycles. The molecule has 1 amide bonds. The van der Waals surface area contributed by atoms with Gasteiger partial charge < -0.3 is 28.5 Å². The fourth-order valence-electron chi connectivity index (χ4n) is 9.61. The van der Waals surface area contributed by atoms with Gasteiger partial charge >= 0.3 is 6.09 Å². The van der Waals surface area contributed by atoms with Crippen molar-refractivity contribution in [3.8, 4) is 0 Å². The Labute approximate surface area is 311 Å². The summed E-state index contributed by atoms with van der Waals surface area (Å²) in [5.41, 5.74) is 6.13. The third kappa shape index (κ3) is 7.40. The zero-order chi connectivity index (χ0) is 36.9. The number of aromatic nitrogens is 1. The second kappa shape index (κ2) is 16.5. The fraction of sp³-hybridized carbons (Fsp3) is 0.477. The minimum atomic E-state index is -2.37. The number of ether oxygens (including phenoxy) is 3. The average molecular weight is 723 g/mol. The van der Waals surface area contributed by atoms with Crippen LogP contribution in [0.5, 0.6) is 0 Å². The highest BCUT2D eigenvalue weighted by Gasteiger charge is 2.57. The second-order valence-corrected chi connectivity index (χ2v) is 21.2. The number of aromatic amines is 1. The van der Waals surface area contributed by atoms with Gasteiger partial charge in [0.1, 0.15) is 6.61 Å². The molecule has 8 heteroatoms. The number of amides is 1. The van der Waals surface area contributed by atoms with Crippen LogP contribution in [0.3, 0.4) is 0 Å². The van der Waals surface area contributed by atoms with E-state index in [4.69, 9.17) is 18.6 Å². The Bertz CT molecular complexity index is 1700. The van der Waals surface area contributed by atoms with Crippen LogP contribution in [0.2, 0.25) is 16.6 Å². The van der Waals surface area contributed by atoms with E-state index >= 15 is 0 Å². The largest absolute Gasteiger partial charge is 0.445 e.